The molecule has 2 rings (SSSR count). The van der Waals surface area contributed by atoms with Crippen molar-refractivity contribution in [3.8, 4) is 0 Å². The smallest absolute Gasteiger partial charge is 0.438 e. The van der Waals surface area contributed by atoms with Gasteiger partial charge >= 0.3 is 12.3 Å². The van der Waals surface area contributed by atoms with Crippen molar-refractivity contribution in [2.24, 2.45) is 11.8 Å². The third-order valence-corrected chi connectivity index (χ3v) is 3.42. The van der Waals surface area contributed by atoms with Gasteiger partial charge in [-0.15, -0.1) is 0 Å². The van der Waals surface area contributed by atoms with Gasteiger partial charge in [0.15, 0.2) is 0 Å². The summed E-state index contributed by atoms with van der Waals surface area (Å²) < 4.78 is 18.8. The first-order valence-corrected chi connectivity index (χ1v) is 5.97. The molecule has 0 spiro atoms. The molecule has 0 saturated heterocycles. The van der Waals surface area contributed by atoms with Gasteiger partial charge in [0, 0.05) is 11.8 Å². The van der Waals surface area contributed by atoms with Gasteiger partial charge in [0.2, 0.25) is 0 Å². The fourth-order valence-electron chi connectivity index (χ4n) is 2.48. The molecule has 104 valence electrons. The van der Waals surface area contributed by atoms with Crippen molar-refractivity contribution in [3.05, 3.63) is 23.3 Å². The Morgan fingerprint density at radius 2 is 1.42 bits per heavy atom. The average Bonchev–Trinajstić information content (AvgIpc) is 3.02. The van der Waals surface area contributed by atoms with Crippen LogP contribution in [0.3, 0.4) is 0 Å². The van der Waals surface area contributed by atoms with E-state index < -0.39 is 12.3 Å². The number of carbonyl (C=O) groups excluding carboxylic acids is 2. The summed E-state index contributed by atoms with van der Waals surface area (Å²) in [6.45, 7) is 0.329. The normalized spacial score (nSPS) is 23.5. The summed E-state index contributed by atoms with van der Waals surface area (Å²) in [5.74, 6) is 0.511. The van der Waals surface area contributed by atoms with Crippen molar-refractivity contribution in [2.45, 2.75) is 6.42 Å². The first-order valence-electron chi connectivity index (χ1n) is 5.97. The molecule has 0 aliphatic heterocycles. The number of hydrogen-bond donors (Lipinski definition) is 0. The minimum absolute atomic E-state index is 0.165. The van der Waals surface area contributed by atoms with Crippen molar-refractivity contribution >= 4 is 12.3 Å². The maximum Gasteiger partial charge on any atom is 0.508 e. The molecule has 0 fully saturated rings. The van der Waals surface area contributed by atoms with Gasteiger partial charge in [-0.25, -0.2) is 9.59 Å². The molecule has 2 aliphatic rings. The molecule has 0 aromatic carbocycles. The Morgan fingerprint density at radius 3 is 1.79 bits per heavy atom. The molecule has 0 radical (unpaired) electrons. The Bertz CT molecular complexity index is 398. The van der Waals surface area contributed by atoms with E-state index in [1.165, 1.54) is 14.2 Å². The molecule has 0 N–H and O–H groups in total. The highest BCUT2D eigenvalue weighted by Gasteiger charge is 2.36. The average molecular weight is 268 g/mol. The van der Waals surface area contributed by atoms with Crippen molar-refractivity contribution in [1.29, 1.82) is 0 Å². The van der Waals surface area contributed by atoms with Crippen molar-refractivity contribution in [2.75, 3.05) is 27.4 Å². The van der Waals surface area contributed by atoms with Crippen LogP contribution < -0.4 is 0 Å². The lowest BCUT2D eigenvalue weighted by Crippen LogP contribution is -2.15. The third-order valence-electron chi connectivity index (χ3n) is 3.42. The zero-order valence-corrected chi connectivity index (χ0v) is 10.9. The van der Waals surface area contributed by atoms with Gasteiger partial charge in [0.25, 0.3) is 0 Å². The number of ether oxygens (including phenoxy) is 4. The van der Waals surface area contributed by atoms with Crippen LogP contribution in [0.2, 0.25) is 0 Å². The van der Waals surface area contributed by atoms with Crippen LogP contribution in [-0.2, 0) is 18.9 Å². The van der Waals surface area contributed by atoms with E-state index in [-0.39, 0.29) is 25.0 Å². The van der Waals surface area contributed by atoms with Crippen LogP contribution in [0.25, 0.3) is 0 Å². The molecule has 2 bridgehead atoms. The number of fused-ring (bicyclic) bond motifs is 2. The molecule has 0 amide bonds. The van der Waals surface area contributed by atoms with Crippen LogP contribution in [-0.4, -0.2) is 39.7 Å². The van der Waals surface area contributed by atoms with E-state index in [4.69, 9.17) is 9.47 Å². The topological polar surface area (TPSA) is 71.1 Å². The number of methoxy groups -OCH3 is 2. The molecule has 2 aliphatic carbocycles. The minimum atomic E-state index is -0.715. The summed E-state index contributed by atoms with van der Waals surface area (Å²) in [6.07, 6.45) is 3.68. The molecular formula is C13H16O6. The summed E-state index contributed by atoms with van der Waals surface area (Å²) in [5.41, 5.74) is 1.98. The van der Waals surface area contributed by atoms with Gasteiger partial charge in [0.05, 0.1) is 14.2 Å². The quantitative estimate of drug-likeness (QED) is 0.574. The van der Waals surface area contributed by atoms with Crippen LogP contribution in [0.4, 0.5) is 9.59 Å². The lowest BCUT2D eigenvalue weighted by atomic mass is 9.98. The molecule has 19 heavy (non-hydrogen) atoms. The second-order valence-corrected chi connectivity index (χ2v) is 4.37. The summed E-state index contributed by atoms with van der Waals surface area (Å²) >= 11 is 0. The van der Waals surface area contributed by atoms with Crippen LogP contribution in [0, 0.1) is 11.8 Å². The number of allylic oxidation sites excluding steroid dienone is 2. The molecule has 2 atom stereocenters. The predicted molar refractivity (Wildman–Crippen MR) is 64.5 cm³/mol. The van der Waals surface area contributed by atoms with E-state index in [2.05, 4.69) is 21.6 Å². The van der Waals surface area contributed by atoms with Crippen LogP contribution in [0.15, 0.2) is 23.3 Å². The third kappa shape index (κ3) is 2.89. The van der Waals surface area contributed by atoms with Crippen LogP contribution >= 0.6 is 0 Å². The van der Waals surface area contributed by atoms with E-state index in [0.717, 1.165) is 17.6 Å². The number of hydrogen-bond acceptors (Lipinski definition) is 6. The van der Waals surface area contributed by atoms with Gasteiger partial charge in [-0.05, 0) is 17.6 Å². The van der Waals surface area contributed by atoms with Crippen LogP contribution in [0.1, 0.15) is 6.42 Å². The van der Waals surface area contributed by atoms with Crippen molar-refractivity contribution in [1.82, 2.24) is 0 Å². The lowest BCUT2D eigenvalue weighted by Gasteiger charge is -2.16. The monoisotopic (exact) mass is 268 g/mol. The van der Waals surface area contributed by atoms with Crippen molar-refractivity contribution < 1.29 is 28.5 Å². The Balaban J connectivity index is 1.99. The fourth-order valence-corrected chi connectivity index (χ4v) is 2.48. The van der Waals surface area contributed by atoms with Gasteiger partial charge in [-0.1, -0.05) is 12.2 Å². The second kappa shape index (κ2) is 5.77. The van der Waals surface area contributed by atoms with Gasteiger partial charge < -0.3 is 18.9 Å². The molecule has 6 nitrogen and oxygen atoms in total. The summed E-state index contributed by atoms with van der Waals surface area (Å²) in [6, 6.07) is 0. The Labute approximate surface area is 111 Å². The Morgan fingerprint density at radius 1 is 1.00 bits per heavy atom. The summed E-state index contributed by atoms with van der Waals surface area (Å²) in [7, 11) is 2.53. The maximum absolute atomic E-state index is 11.0. The standard InChI is InChI=1S/C13H16O6/c1-16-12(14)18-6-10-8-3-4-9(5-8)11(10)7-19-13(15)17-2/h3-4,8-9H,5-7H2,1-2H3. The Kier molecular flexibility index (Phi) is 4.09. The Hall–Kier alpha value is -1.98. The molecule has 2 unspecified atom stereocenters. The van der Waals surface area contributed by atoms with E-state index in [0.29, 0.717) is 0 Å². The molecule has 0 saturated carbocycles. The molecule has 0 aromatic heterocycles. The first kappa shape index (κ1) is 13.5. The highest BCUT2D eigenvalue weighted by atomic mass is 16.7. The number of carbonyl (C=O) groups is 2. The zero-order chi connectivity index (χ0) is 13.8. The van der Waals surface area contributed by atoms with E-state index in [1.54, 1.807) is 0 Å². The minimum Gasteiger partial charge on any atom is -0.438 e. The van der Waals surface area contributed by atoms with Gasteiger partial charge in [-0.3, -0.25) is 0 Å². The number of rotatable bonds is 4. The largest absolute Gasteiger partial charge is 0.508 e. The zero-order valence-electron chi connectivity index (χ0n) is 10.9. The van der Waals surface area contributed by atoms with Crippen molar-refractivity contribution in [3.63, 3.8) is 0 Å². The molecule has 6 heteroatoms. The molecule has 0 aromatic rings. The summed E-state index contributed by atoms with van der Waals surface area (Å²) in [4.78, 5) is 22.0. The predicted octanol–water partition coefficient (Wildman–Crippen LogP) is 2.05. The van der Waals surface area contributed by atoms with E-state index >= 15 is 0 Å². The summed E-state index contributed by atoms with van der Waals surface area (Å²) in [5, 5.41) is 0. The highest BCUT2D eigenvalue weighted by molar-refractivity contribution is 5.61. The van der Waals surface area contributed by atoms with E-state index in [9.17, 15) is 9.59 Å². The van der Waals surface area contributed by atoms with Gasteiger partial charge in [-0.2, -0.15) is 0 Å². The SMILES string of the molecule is COC(=O)OCC1=C(COC(=O)OC)C2C=CC1C2. The van der Waals surface area contributed by atoms with Gasteiger partial charge in [0.1, 0.15) is 13.2 Å². The van der Waals surface area contributed by atoms with E-state index in [1.807, 2.05) is 0 Å². The highest BCUT2D eigenvalue weighted by Crippen LogP contribution is 2.43. The molecule has 0 heterocycles. The lowest BCUT2D eigenvalue weighted by molar-refractivity contribution is 0.0743. The maximum atomic E-state index is 11.0. The molecular weight excluding hydrogens is 252 g/mol. The second-order valence-electron chi connectivity index (χ2n) is 4.37. The first-order chi connectivity index (χ1) is 9.15. The fraction of sp³-hybridized carbons (Fsp3) is 0.538. The van der Waals surface area contributed by atoms with Crippen LogP contribution in [0.5, 0.6) is 0 Å².